The first-order valence-corrected chi connectivity index (χ1v) is 8.35. The predicted molar refractivity (Wildman–Crippen MR) is 98.3 cm³/mol. The molecule has 2 aromatic rings. The number of benzene rings is 2. The number of aliphatic hydroxyl groups is 1. The Balaban J connectivity index is 2.22. The molecular formula is C21H27NO. The first-order valence-electron chi connectivity index (χ1n) is 8.35. The Morgan fingerprint density at radius 2 is 1.74 bits per heavy atom. The Morgan fingerprint density at radius 3 is 2.35 bits per heavy atom. The molecule has 2 rings (SSSR count). The highest BCUT2D eigenvalue weighted by molar-refractivity contribution is 5.68. The topological polar surface area (TPSA) is 32.3 Å². The summed E-state index contributed by atoms with van der Waals surface area (Å²) in [4.78, 5) is 0. The first-order chi connectivity index (χ1) is 11.1. The SMILES string of the molecule is C=C(c1ccc(C)cc1)[C@@H](NCCCC)[C@@H](O)c1ccccc1. The van der Waals surface area contributed by atoms with Gasteiger partial charge in [0.15, 0.2) is 0 Å². The lowest BCUT2D eigenvalue weighted by Gasteiger charge is -2.27. The minimum Gasteiger partial charge on any atom is -0.386 e. The van der Waals surface area contributed by atoms with Crippen LogP contribution in [0.1, 0.15) is 42.6 Å². The maximum absolute atomic E-state index is 10.8. The van der Waals surface area contributed by atoms with Crippen molar-refractivity contribution in [1.29, 1.82) is 0 Å². The second kappa shape index (κ2) is 8.66. The van der Waals surface area contributed by atoms with Crippen molar-refractivity contribution in [1.82, 2.24) is 5.32 Å². The molecule has 2 heteroatoms. The second-order valence-corrected chi connectivity index (χ2v) is 6.03. The van der Waals surface area contributed by atoms with Crippen molar-refractivity contribution in [2.75, 3.05) is 6.54 Å². The summed E-state index contributed by atoms with van der Waals surface area (Å²) < 4.78 is 0. The molecule has 0 aliphatic carbocycles. The molecule has 0 radical (unpaired) electrons. The van der Waals surface area contributed by atoms with E-state index in [1.54, 1.807) is 0 Å². The van der Waals surface area contributed by atoms with Crippen molar-refractivity contribution < 1.29 is 5.11 Å². The number of hydrogen-bond donors (Lipinski definition) is 2. The maximum Gasteiger partial charge on any atom is 0.0984 e. The van der Waals surface area contributed by atoms with E-state index >= 15 is 0 Å². The van der Waals surface area contributed by atoms with Gasteiger partial charge in [0.2, 0.25) is 0 Å². The summed E-state index contributed by atoms with van der Waals surface area (Å²) in [7, 11) is 0. The lowest BCUT2D eigenvalue weighted by molar-refractivity contribution is 0.151. The third-order valence-corrected chi connectivity index (χ3v) is 4.15. The van der Waals surface area contributed by atoms with Crippen LogP contribution in [0, 0.1) is 6.92 Å². The smallest absolute Gasteiger partial charge is 0.0984 e. The standard InChI is InChI=1S/C21H27NO/c1-4-5-15-22-20(21(23)19-9-7-6-8-10-19)17(3)18-13-11-16(2)12-14-18/h6-14,20-23H,3-5,15H2,1-2H3/t20-,21+/m1/s1. The molecule has 0 aromatic heterocycles. The van der Waals surface area contributed by atoms with Crippen LogP contribution in [0.25, 0.3) is 5.57 Å². The van der Waals surface area contributed by atoms with Gasteiger partial charge in [0.1, 0.15) is 0 Å². The van der Waals surface area contributed by atoms with E-state index in [-0.39, 0.29) is 6.04 Å². The van der Waals surface area contributed by atoms with Crippen LogP contribution in [0.15, 0.2) is 61.2 Å². The highest BCUT2D eigenvalue weighted by Gasteiger charge is 2.23. The van der Waals surface area contributed by atoms with Gasteiger partial charge in [0.05, 0.1) is 12.1 Å². The molecule has 0 fully saturated rings. The number of hydrogen-bond acceptors (Lipinski definition) is 2. The van der Waals surface area contributed by atoms with Crippen molar-refractivity contribution in [2.24, 2.45) is 0 Å². The molecule has 0 bridgehead atoms. The number of aliphatic hydroxyl groups excluding tert-OH is 1. The molecule has 0 saturated carbocycles. The Bertz CT molecular complexity index is 603. The Hall–Kier alpha value is -1.90. The summed E-state index contributed by atoms with van der Waals surface area (Å²) in [5, 5.41) is 14.3. The Labute approximate surface area is 139 Å². The molecule has 2 nitrogen and oxygen atoms in total. The summed E-state index contributed by atoms with van der Waals surface area (Å²) in [6.07, 6.45) is 1.60. The van der Waals surface area contributed by atoms with E-state index in [1.807, 2.05) is 30.3 Å². The number of rotatable bonds is 8. The second-order valence-electron chi connectivity index (χ2n) is 6.03. The average Bonchev–Trinajstić information content (AvgIpc) is 2.59. The van der Waals surface area contributed by atoms with Crippen LogP contribution in [0.4, 0.5) is 0 Å². The van der Waals surface area contributed by atoms with Gasteiger partial charge in [-0.3, -0.25) is 0 Å². The summed E-state index contributed by atoms with van der Waals surface area (Å²) >= 11 is 0. The lowest BCUT2D eigenvalue weighted by atomic mass is 9.91. The van der Waals surface area contributed by atoms with E-state index in [0.717, 1.165) is 36.1 Å². The summed E-state index contributed by atoms with van der Waals surface area (Å²) in [6.45, 7) is 9.37. The van der Waals surface area contributed by atoms with Crippen LogP contribution >= 0.6 is 0 Å². The molecule has 122 valence electrons. The monoisotopic (exact) mass is 309 g/mol. The molecule has 0 heterocycles. The number of aryl methyl sites for hydroxylation is 1. The van der Waals surface area contributed by atoms with Crippen molar-refractivity contribution in [3.8, 4) is 0 Å². The molecule has 23 heavy (non-hydrogen) atoms. The first kappa shape index (κ1) is 17.5. The summed E-state index contributed by atoms with van der Waals surface area (Å²) in [6, 6.07) is 17.9. The van der Waals surface area contributed by atoms with Gasteiger partial charge in [-0.25, -0.2) is 0 Å². The minimum atomic E-state index is -0.609. The van der Waals surface area contributed by atoms with Gasteiger partial charge in [-0.2, -0.15) is 0 Å². The van der Waals surface area contributed by atoms with Gasteiger partial charge in [0.25, 0.3) is 0 Å². The fourth-order valence-electron chi connectivity index (χ4n) is 2.65. The molecule has 2 N–H and O–H groups in total. The highest BCUT2D eigenvalue weighted by atomic mass is 16.3. The average molecular weight is 309 g/mol. The fourth-order valence-corrected chi connectivity index (χ4v) is 2.65. The van der Waals surface area contributed by atoms with E-state index in [0.29, 0.717) is 0 Å². The molecule has 2 atom stereocenters. The van der Waals surface area contributed by atoms with Crippen LogP contribution < -0.4 is 5.32 Å². The highest BCUT2D eigenvalue weighted by Crippen LogP contribution is 2.27. The molecule has 0 saturated heterocycles. The van der Waals surface area contributed by atoms with Gasteiger partial charge in [-0.15, -0.1) is 0 Å². The maximum atomic E-state index is 10.8. The van der Waals surface area contributed by atoms with Gasteiger partial charge >= 0.3 is 0 Å². The number of unbranched alkanes of at least 4 members (excludes halogenated alkanes) is 1. The van der Waals surface area contributed by atoms with E-state index in [1.165, 1.54) is 5.56 Å². The van der Waals surface area contributed by atoms with Crippen LogP contribution in [0.5, 0.6) is 0 Å². The van der Waals surface area contributed by atoms with Gasteiger partial charge in [-0.05, 0) is 36.6 Å². The van der Waals surface area contributed by atoms with E-state index in [2.05, 4.69) is 50.0 Å². The van der Waals surface area contributed by atoms with Crippen molar-refractivity contribution in [3.63, 3.8) is 0 Å². The zero-order valence-electron chi connectivity index (χ0n) is 14.1. The largest absolute Gasteiger partial charge is 0.386 e. The molecule has 0 aliphatic rings. The number of nitrogens with one attached hydrogen (secondary N) is 1. The summed E-state index contributed by atoms with van der Waals surface area (Å²) in [5.41, 5.74) is 4.13. The van der Waals surface area contributed by atoms with Gasteiger partial charge < -0.3 is 10.4 Å². The van der Waals surface area contributed by atoms with Crippen molar-refractivity contribution in [3.05, 3.63) is 77.9 Å². The Morgan fingerprint density at radius 1 is 1.09 bits per heavy atom. The van der Waals surface area contributed by atoms with Crippen molar-refractivity contribution in [2.45, 2.75) is 38.8 Å². The quantitative estimate of drug-likeness (QED) is 0.704. The molecule has 0 unspecified atom stereocenters. The van der Waals surface area contributed by atoms with Gasteiger partial charge in [-0.1, -0.05) is 80.1 Å². The molecule has 0 aliphatic heterocycles. The summed E-state index contributed by atoms with van der Waals surface area (Å²) in [5.74, 6) is 0. The minimum absolute atomic E-state index is 0.188. The Kier molecular flexibility index (Phi) is 6.57. The zero-order chi connectivity index (χ0) is 16.7. The third kappa shape index (κ3) is 4.78. The zero-order valence-corrected chi connectivity index (χ0v) is 14.1. The lowest BCUT2D eigenvalue weighted by Crippen LogP contribution is -2.36. The van der Waals surface area contributed by atoms with Crippen LogP contribution in [-0.4, -0.2) is 17.7 Å². The van der Waals surface area contributed by atoms with Crippen LogP contribution in [0.3, 0.4) is 0 Å². The van der Waals surface area contributed by atoms with E-state index in [4.69, 9.17) is 0 Å². The van der Waals surface area contributed by atoms with Crippen molar-refractivity contribution >= 4 is 5.57 Å². The molecule has 0 spiro atoms. The van der Waals surface area contributed by atoms with E-state index in [9.17, 15) is 5.11 Å². The molecule has 2 aromatic carbocycles. The fraction of sp³-hybridized carbons (Fsp3) is 0.333. The van der Waals surface area contributed by atoms with Crippen LogP contribution in [0.2, 0.25) is 0 Å². The van der Waals surface area contributed by atoms with Gasteiger partial charge in [0, 0.05) is 0 Å². The molecule has 0 amide bonds. The predicted octanol–water partition coefficient (Wildman–Crippen LogP) is 4.50. The van der Waals surface area contributed by atoms with E-state index < -0.39 is 6.10 Å². The molecular weight excluding hydrogens is 282 g/mol. The van der Waals surface area contributed by atoms with Crippen LogP contribution in [-0.2, 0) is 0 Å². The third-order valence-electron chi connectivity index (χ3n) is 4.15. The normalized spacial score (nSPS) is 13.5.